The van der Waals surface area contributed by atoms with Gasteiger partial charge in [0.15, 0.2) is 40.1 Å². The number of carbonyl (C=O) groups is 2. The van der Waals surface area contributed by atoms with E-state index in [4.69, 9.17) is 27.8 Å². The van der Waals surface area contributed by atoms with E-state index < -0.39 is 11.9 Å². The van der Waals surface area contributed by atoms with Crippen LogP contribution in [0.3, 0.4) is 0 Å². The van der Waals surface area contributed by atoms with Gasteiger partial charge >= 0.3 is 5.97 Å². The zero-order chi connectivity index (χ0) is 22.7. The SMILES string of the molecule is CCn1c(CNC(=O)c2nc(Cl)c(N)nc2N)[n+](C)c2ccc(OCC(=O)OC)cc21. The fourth-order valence-electron chi connectivity index (χ4n) is 3.17. The molecular formula is C19H23ClN7O4+. The predicted molar refractivity (Wildman–Crippen MR) is 113 cm³/mol. The number of aromatic nitrogens is 4. The minimum atomic E-state index is -0.526. The number of imidazole rings is 1. The molecule has 12 heteroatoms. The van der Waals surface area contributed by atoms with Crippen LogP contribution in [0, 0.1) is 0 Å². The molecule has 0 bridgehead atoms. The highest BCUT2D eigenvalue weighted by Crippen LogP contribution is 2.22. The van der Waals surface area contributed by atoms with Crippen molar-refractivity contribution < 1.29 is 23.6 Å². The summed E-state index contributed by atoms with van der Waals surface area (Å²) in [7, 11) is 3.19. The lowest BCUT2D eigenvalue weighted by Crippen LogP contribution is -2.38. The molecule has 3 aromatic rings. The largest absolute Gasteiger partial charge is 0.482 e. The number of carbonyl (C=O) groups excluding carboxylic acids is 2. The molecule has 0 aliphatic carbocycles. The van der Waals surface area contributed by atoms with Crippen LogP contribution in [0.25, 0.3) is 11.0 Å². The van der Waals surface area contributed by atoms with Gasteiger partial charge in [-0.15, -0.1) is 0 Å². The van der Waals surface area contributed by atoms with Gasteiger partial charge in [0.2, 0.25) is 0 Å². The standard InChI is InChI=1S/C19H22ClN7O4/c1-4-27-12-7-10(31-9-14(28)30-3)5-6-11(12)26(2)13(27)8-23-19(29)15-17(21)25-18(22)16(20)24-15/h5-7H,4,8-9H2,1-3H3,(H4-,21,22,23,25,29)/p+1. The summed E-state index contributed by atoms with van der Waals surface area (Å²) in [5, 5.41) is 2.70. The normalized spacial score (nSPS) is 10.8. The summed E-state index contributed by atoms with van der Waals surface area (Å²) in [5.41, 5.74) is 13.0. The molecular weight excluding hydrogens is 426 g/mol. The first-order valence-corrected chi connectivity index (χ1v) is 9.72. The molecule has 0 fully saturated rings. The Kier molecular flexibility index (Phi) is 6.44. The highest BCUT2D eigenvalue weighted by atomic mass is 35.5. The number of nitrogens with two attached hydrogens (primary N) is 2. The summed E-state index contributed by atoms with van der Waals surface area (Å²) >= 11 is 5.86. The number of methoxy groups -OCH3 is 1. The average Bonchev–Trinajstić information content (AvgIpc) is 3.03. The summed E-state index contributed by atoms with van der Waals surface area (Å²) < 4.78 is 14.1. The molecule has 3 rings (SSSR count). The van der Waals surface area contributed by atoms with Crippen LogP contribution in [-0.4, -0.2) is 40.1 Å². The van der Waals surface area contributed by atoms with Crippen molar-refractivity contribution in [2.75, 3.05) is 25.2 Å². The quantitative estimate of drug-likeness (QED) is 0.350. The second-order valence-electron chi connectivity index (χ2n) is 6.55. The van der Waals surface area contributed by atoms with E-state index in [-0.39, 0.29) is 35.6 Å². The number of esters is 1. The molecule has 1 amide bonds. The van der Waals surface area contributed by atoms with Gasteiger partial charge in [-0.3, -0.25) is 4.79 Å². The number of benzene rings is 1. The molecule has 0 unspecified atom stereocenters. The summed E-state index contributed by atoms with van der Waals surface area (Å²) in [6, 6.07) is 5.47. The van der Waals surface area contributed by atoms with Crippen LogP contribution in [0.15, 0.2) is 18.2 Å². The molecule has 31 heavy (non-hydrogen) atoms. The van der Waals surface area contributed by atoms with Gasteiger partial charge in [-0.1, -0.05) is 11.6 Å². The Morgan fingerprint density at radius 2 is 2.00 bits per heavy atom. The summed E-state index contributed by atoms with van der Waals surface area (Å²) in [6.07, 6.45) is 0. The van der Waals surface area contributed by atoms with E-state index in [2.05, 4.69) is 20.0 Å². The van der Waals surface area contributed by atoms with Crippen molar-refractivity contribution in [3.63, 3.8) is 0 Å². The predicted octanol–water partition coefficient (Wildman–Crippen LogP) is 0.575. The molecule has 2 aromatic heterocycles. The monoisotopic (exact) mass is 448 g/mol. The molecule has 2 heterocycles. The number of fused-ring (bicyclic) bond motifs is 1. The van der Waals surface area contributed by atoms with Gasteiger partial charge in [-0.05, 0) is 19.1 Å². The maximum absolute atomic E-state index is 12.6. The van der Waals surface area contributed by atoms with Crippen LogP contribution in [0.4, 0.5) is 11.6 Å². The molecule has 0 atom stereocenters. The van der Waals surface area contributed by atoms with Crippen molar-refractivity contribution in [3.05, 3.63) is 34.9 Å². The van der Waals surface area contributed by atoms with Gasteiger partial charge in [0.1, 0.15) is 12.3 Å². The van der Waals surface area contributed by atoms with Gasteiger partial charge in [0, 0.05) is 6.07 Å². The first kappa shape index (κ1) is 22.1. The zero-order valence-corrected chi connectivity index (χ0v) is 18.1. The number of nitrogens with zero attached hydrogens (tertiary/aromatic N) is 4. The van der Waals surface area contributed by atoms with Gasteiger partial charge in [-0.2, -0.15) is 0 Å². The zero-order valence-electron chi connectivity index (χ0n) is 17.3. The number of hydrogen-bond acceptors (Lipinski definition) is 8. The van der Waals surface area contributed by atoms with Crippen molar-refractivity contribution >= 4 is 46.1 Å². The summed E-state index contributed by atoms with van der Waals surface area (Å²) in [4.78, 5) is 31.7. The van der Waals surface area contributed by atoms with E-state index in [1.807, 2.05) is 35.2 Å². The second kappa shape index (κ2) is 9.04. The molecule has 0 radical (unpaired) electrons. The lowest BCUT2D eigenvalue weighted by Gasteiger charge is -2.07. The van der Waals surface area contributed by atoms with Crippen molar-refractivity contribution in [1.29, 1.82) is 0 Å². The van der Waals surface area contributed by atoms with Crippen molar-refractivity contribution in [2.24, 2.45) is 7.05 Å². The van der Waals surface area contributed by atoms with Gasteiger partial charge in [0.05, 0.1) is 20.7 Å². The van der Waals surface area contributed by atoms with Crippen molar-refractivity contribution in [3.8, 4) is 5.75 Å². The van der Waals surface area contributed by atoms with Gasteiger partial charge in [0.25, 0.3) is 11.7 Å². The number of nitrogen functional groups attached to an aromatic ring is 2. The molecule has 0 aliphatic rings. The Morgan fingerprint density at radius 1 is 1.26 bits per heavy atom. The Balaban J connectivity index is 1.86. The Bertz CT molecular complexity index is 1160. The van der Waals surface area contributed by atoms with E-state index in [1.165, 1.54) is 7.11 Å². The molecule has 0 spiro atoms. The van der Waals surface area contributed by atoms with E-state index in [0.717, 1.165) is 16.9 Å². The first-order chi connectivity index (χ1) is 14.8. The lowest BCUT2D eigenvalue weighted by atomic mass is 10.3. The van der Waals surface area contributed by atoms with Crippen LogP contribution >= 0.6 is 11.6 Å². The molecule has 1 aromatic carbocycles. The number of rotatable bonds is 7. The fraction of sp³-hybridized carbons (Fsp3) is 0.316. The van der Waals surface area contributed by atoms with Gasteiger partial charge in [-0.25, -0.2) is 23.9 Å². The van der Waals surface area contributed by atoms with Crippen LogP contribution < -0.4 is 26.1 Å². The number of ether oxygens (including phenoxy) is 2. The highest BCUT2D eigenvalue weighted by Gasteiger charge is 2.24. The van der Waals surface area contributed by atoms with Crippen LogP contribution in [0.5, 0.6) is 5.75 Å². The van der Waals surface area contributed by atoms with Crippen molar-refractivity contribution in [1.82, 2.24) is 19.9 Å². The van der Waals surface area contributed by atoms with Crippen LogP contribution in [0.1, 0.15) is 23.2 Å². The second-order valence-corrected chi connectivity index (χ2v) is 6.91. The summed E-state index contributed by atoms with van der Waals surface area (Å²) in [6.45, 7) is 2.63. The number of amides is 1. The number of aryl methyl sites for hydroxylation is 2. The average molecular weight is 449 g/mol. The number of halogens is 1. The molecule has 0 saturated heterocycles. The highest BCUT2D eigenvalue weighted by molar-refractivity contribution is 6.31. The van der Waals surface area contributed by atoms with Gasteiger partial charge < -0.3 is 26.3 Å². The van der Waals surface area contributed by atoms with Crippen LogP contribution in [0.2, 0.25) is 5.15 Å². The molecule has 11 nitrogen and oxygen atoms in total. The number of nitrogens with one attached hydrogen (secondary N) is 1. The molecule has 0 aliphatic heterocycles. The third-order valence-electron chi connectivity index (χ3n) is 4.73. The van der Waals surface area contributed by atoms with E-state index in [0.29, 0.717) is 12.3 Å². The molecule has 5 N–H and O–H groups in total. The minimum Gasteiger partial charge on any atom is -0.482 e. The van der Waals surface area contributed by atoms with E-state index in [1.54, 1.807) is 6.07 Å². The third kappa shape index (κ3) is 4.45. The Labute approximate surface area is 182 Å². The maximum atomic E-state index is 12.6. The third-order valence-corrected chi connectivity index (χ3v) is 5.00. The minimum absolute atomic E-state index is 0.0431. The fourth-order valence-corrected chi connectivity index (χ4v) is 3.30. The Hall–Kier alpha value is -3.60. The lowest BCUT2D eigenvalue weighted by molar-refractivity contribution is -0.654. The maximum Gasteiger partial charge on any atom is 0.343 e. The van der Waals surface area contributed by atoms with Crippen LogP contribution in [-0.2, 0) is 29.7 Å². The smallest absolute Gasteiger partial charge is 0.343 e. The summed E-state index contributed by atoms with van der Waals surface area (Å²) in [5.74, 6) is 0.211. The Morgan fingerprint density at radius 3 is 2.68 bits per heavy atom. The van der Waals surface area contributed by atoms with E-state index in [9.17, 15) is 9.59 Å². The van der Waals surface area contributed by atoms with E-state index >= 15 is 0 Å². The number of hydrogen-bond donors (Lipinski definition) is 3. The first-order valence-electron chi connectivity index (χ1n) is 9.34. The topological polar surface area (TPSA) is 151 Å². The molecule has 0 saturated carbocycles. The molecule has 164 valence electrons. The number of anilines is 2. The van der Waals surface area contributed by atoms with Crippen molar-refractivity contribution in [2.45, 2.75) is 20.0 Å².